The summed E-state index contributed by atoms with van der Waals surface area (Å²) < 4.78 is 53.4. The predicted octanol–water partition coefficient (Wildman–Crippen LogP) is 0.610. The van der Waals surface area contributed by atoms with Gasteiger partial charge < -0.3 is 29.7 Å². The summed E-state index contributed by atoms with van der Waals surface area (Å²) in [5.41, 5.74) is 1.47. The zero-order valence-corrected chi connectivity index (χ0v) is 24.0. The maximum absolute atomic E-state index is 12.5. The van der Waals surface area contributed by atoms with Gasteiger partial charge in [0, 0.05) is 0 Å². The van der Waals surface area contributed by atoms with Crippen LogP contribution in [0.5, 0.6) is 11.5 Å². The molecule has 0 aliphatic heterocycles. The first-order valence-corrected chi connectivity index (χ1v) is 14.9. The molecule has 0 spiro atoms. The zero-order chi connectivity index (χ0) is 31.0. The van der Waals surface area contributed by atoms with E-state index in [4.69, 9.17) is 19.3 Å². The Morgan fingerprint density at radius 1 is 1.12 bits per heavy atom. The number of sulfonamides is 1. The van der Waals surface area contributed by atoms with Gasteiger partial charge in [-0.25, -0.2) is 32.4 Å². The quantitative estimate of drug-likeness (QED) is 0.133. The Morgan fingerprint density at radius 3 is 2.65 bits per heavy atom. The number of thiazole rings is 1. The van der Waals surface area contributed by atoms with E-state index in [1.807, 2.05) is 0 Å². The number of alkyl halides is 1. The van der Waals surface area contributed by atoms with E-state index in [0.29, 0.717) is 33.0 Å². The first-order chi connectivity index (χ1) is 20.5. The van der Waals surface area contributed by atoms with Crippen LogP contribution in [0.2, 0.25) is 0 Å². The number of amides is 1. The maximum Gasteiger partial charge on any atom is 0.328 e. The zero-order valence-electron chi connectivity index (χ0n) is 22.3. The van der Waals surface area contributed by atoms with Gasteiger partial charge in [0.05, 0.1) is 29.6 Å². The lowest BCUT2D eigenvalue weighted by Crippen LogP contribution is -2.45. The number of fused-ring (bicyclic) bond motifs is 1. The fourth-order valence-electron chi connectivity index (χ4n) is 3.55. The first-order valence-electron chi connectivity index (χ1n) is 12.5. The number of hydrogen-bond donors (Lipinski definition) is 4. The van der Waals surface area contributed by atoms with Gasteiger partial charge in [0.15, 0.2) is 6.04 Å². The molecule has 2 aromatic carbocycles. The van der Waals surface area contributed by atoms with Crippen molar-refractivity contribution in [2.45, 2.75) is 36.2 Å². The molecule has 0 fully saturated rings. The van der Waals surface area contributed by atoms with E-state index >= 15 is 0 Å². The number of hydrogen-bond acceptors (Lipinski definition) is 12. The third kappa shape index (κ3) is 9.38. The number of aromatic nitrogens is 4. The van der Waals surface area contributed by atoms with Gasteiger partial charge in [0.25, 0.3) is 10.0 Å². The predicted molar refractivity (Wildman–Crippen MR) is 148 cm³/mol. The fraction of sp³-hybridized carbons (Fsp3) is 0.320. The number of aliphatic hydroxyl groups is 1. The maximum atomic E-state index is 12.5. The Morgan fingerprint density at radius 2 is 1.91 bits per heavy atom. The van der Waals surface area contributed by atoms with E-state index < -0.39 is 40.7 Å². The number of benzene rings is 2. The van der Waals surface area contributed by atoms with Gasteiger partial charge in [0.2, 0.25) is 10.2 Å². The smallest absolute Gasteiger partial charge is 0.328 e. The summed E-state index contributed by atoms with van der Waals surface area (Å²) in [4.78, 5) is 28.1. The molecule has 0 aliphatic carbocycles. The molecule has 5 N–H and O–H groups in total. The lowest BCUT2D eigenvalue weighted by molar-refractivity contribution is -0.144. The Balaban J connectivity index is 1.24. The molecule has 2 atom stereocenters. The van der Waals surface area contributed by atoms with Crippen molar-refractivity contribution >= 4 is 43.5 Å². The van der Waals surface area contributed by atoms with Crippen LogP contribution in [-0.4, -0.2) is 82.5 Å². The van der Waals surface area contributed by atoms with Crippen LogP contribution in [-0.2, 0) is 44.1 Å². The summed E-state index contributed by atoms with van der Waals surface area (Å²) in [7, 11) is -3.92. The van der Waals surface area contributed by atoms with Crippen molar-refractivity contribution in [1.29, 1.82) is 0 Å². The highest BCUT2D eigenvalue weighted by Crippen LogP contribution is 2.28. The van der Waals surface area contributed by atoms with Gasteiger partial charge >= 0.3 is 5.97 Å². The third-order valence-corrected chi connectivity index (χ3v) is 7.91. The van der Waals surface area contributed by atoms with Crippen molar-refractivity contribution in [3.8, 4) is 11.5 Å². The molecule has 2 heterocycles. The topological polar surface area (TPSA) is 218 Å². The molecular weight excluding hydrogens is 611 g/mol. The number of ether oxygens (including phenoxy) is 3. The average Bonchev–Trinajstić information content (AvgIpc) is 3.61. The van der Waals surface area contributed by atoms with E-state index in [1.54, 1.807) is 42.5 Å². The van der Waals surface area contributed by atoms with Crippen LogP contribution in [0.3, 0.4) is 0 Å². The lowest BCUT2D eigenvalue weighted by Gasteiger charge is -2.15. The second-order valence-corrected chi connectivity index (χ2v) is 11.9. The summed E-state index contributed by atoms with van der Waals surface area (Å²) >= 11 is 0.911. The van der Waals surface area contributed by atoms with E-state index in [1.165, 1.54) is 10.9 Å². The molecular formula is C25H27FN6O9S2. The number of aliphatic carboxylic acids is 1. The van der Waals surface area contributed by atoms with Gasteiger partial charge in [0.1, 0.15) is 49.7 Å². The Bertz CT molecular complexity index is 1680. The number of carbonyl (C=O) groups excluding carboxylic acids is 1. The molecule has 18 heteroatoms. The number of primary sulfonamides is 1. The molecule has 2 aromatic heterocycles. The van der Waals surface area contributed by atoms with Crippen LogP contribution in [0.4, 0.5) is 4.39 Å². The molecule has 0 bridgehead atoms. The average molecular weight is 639 g/mol. The summed E-state index contributed by atoms with van der Waals surface area (Å²) in [5.74, 6) is -1.14. The summed E-state index contributed by atoms with van der Waals surface area (Å²) in [6.45, 7) is -1.79. The number of rotatable bonds is 16. The third-order valence-electron chi connectivity index (χ3n) is 5.57. The highest BCUT2D eigenvalue weighted by Gasteiger charge is 2.21. The van der Waals surface area contributed by atoms with Crippen molar-refractivity contribution in [1.82, 2.24) is 25.3 Å². The second-order valence-electron chi connectivity index (χ2n) is 9.09. The van der Waals surface area contributed by atoms with Crippen molar-refractivity contribution in [3.63, 3.8) is 0 Å². The molecule has 4 aromatic rings. The minimum Gasteiger partial charge on any atom is -0.491 e. The van der Waals surface area contributed by atoms with E-state index in [2.05, 4.69) is 20.6 Å². The Kier molecular flexibility index (Phi) is 10.5. The highest BCUT2D eigenvalue weighted by molar-refractivity contribution is 7.91. The van der Waals surface area contributed by atoms with Crippen molar-refractivity contribution in [2.75, 3.05) is 19.9 Å². The van der Waals surface area contributed by atoms with Gasteiger partial charge in [-0.05, 0) is 35.9 Å². The first kappa shape index (κ1) is 31.7. The number of nitrogens with two attached hydrogens (primary N) is 1. The van der Waals surface area contributed by atoms with Crippen LogP contribution >= 0.6 is 11.3 Å². The molecule has 0 saturated carbocycles. The molecule has 0 saturated heterocycles. The summed E-state index contributed by atoms with van der Waals surface area (Å²) in [5, 5.41) is 34.1. The van der Waals surface area contributed by atoms with Gasteiger partial charge in [-0.2, -0.15) is 0 Å². The number of nitrogens with zero attached hydrogens (tertiary/aromatic N) is 4. The van der Waals surface area contributed by atoms with Crippen molar-refractivity contribution < 1.29 is 46.8 Å². The molecule has 1 unspecified atom stereocenters. The largest absolute Gasteiger partial charge is 0.491 e. The summed E-state index contributed by atoms with van der Waals surface area (Å²) in [6, 6.07) is 10.1. The van der Waals surface area contributed by atoms with E-state index in [9.17, 15) is 32.6 Å². The minimum atomic E-state index is -3.92. The monoisotopic (exact) mass is 638 g/mol. The number of aliphatic hydroxyl groups excluding tert-OH is 1. The van der Waals surface area contributed by atoms with Gasteiger partial charge in [-0.15, -0.1) is 16.4 Å². The lowest BCUT2D eigenvalue weighted by atomic mass is 10.2. The number of carbonyl (C=O) groups is 2. The standard InChI is InChI=1S/C25H27FN6O9S2/c26-8-17(33)13-41-18-3-1-2-15(6-18)11-39-14-21(24(35)36)28-23(34)10-32-9-16(30-31-32)12-40-19-4-5-20-22(7-19)42-25(29-20)43(27,37)38/h1-7,9,17,21,33H,8,10-14H2,(H,28,34)(H,35,36)(H2,27,37,38)/t17?,21-/m0/s1. The number of nitrogens with one attached hydrogen (secondary N) is 1. The molecule has 15 nitrogen and oxygen atoms in total. The van der Waals surface area contributed by atoms with Crippen LogP contribution in [0.15, 0.2) is 53.0 Å². The molecule has 0 aliphatic rings. The van der Waals surface area contributed by atoms with Gasteiger partial charge in [-0.3, -0.25) is 4.79 Å². The minimum absolute atomic E-state index is 0.0117. The highest BCUT2D eigenvalue weighted by atomic mass is 32.2. The van der Waals surface area contributed by atoms with E-state index in [0.717, 1.165) is 11.3 Å². The number of carboxylic acids is 1. The molecule has 0 radical (unpaired) electrons. The SMILES string of the molecule is NS(=O)(=O)c1nc2ccc(OCc3cn(CC(=O)N[C@@H](COCc4cccc(OCC(O)CF)c4)C(=O)O)nn3)cc2s1. The Hall–Kier alpha value is -4.23. The molecule has 4 rings (SSSR count). The number of halogens is 1. The van der Waals surface area contributed by atoms with Crippen molar-refractivity contribution in [2.24, 2.45) is 5.14 Å². The number of carboxylic acid groups (broad SMARTS) is 1. The normalized spacial score (nSPS) is 13.0. The molecule has 43 heavy (non-hydrogen) atoms. The molecule has 230 valence electrons. The van der Waals surface area contributed by atoms with Crippen LogP contribution < -0.4 is 19.9 Å². The summed E-state index contributed by atoms with van der Waals surface area (Å²) in [6.07, 6.45) is 0.220. The van der Waals surface area contributed by atoms with E-state index in [-0.39, 0.29) is 37.3 Å². The Labute approximate surface area is 248 Å². The second kappa shape index (κ2) is 14.3. The van der Waals surface area contributed by atoms with Crippen LogP contribution in [0.25, 0.3) is 10.2 Å². The van der Waals surface area contributed by atoms with Gasteiger partial charge in [-0.1, -0.05) is 17.3 Å². The van der Waals surface area contributed by atoms with Crippen LogP contribution in [0, 0.1) is 0 Å². The van der Waals surface area contributed by atoms with Crippen molar-refractivity contribution in [3.05, 3.63) is 59.9 Å². The fourth-order valence-corrected chi connectivity index (χ4v) is 5.24. The molecule has 1 amide bonds. The van der Waals surface area contributed by atoms with Crippen LogP contribution in [0.1, 0.15) is 11.3 Å².